The Balaban J connectivity index is 2.25. The second kappa shape index (κ2) is 4.85. The van der Waals surface area contributed by atoms with Crippen LogP contribution in [0.3, 0.4) is 0 Å². The van der Waals surface area contributed by atoms with Crippen molar-refractivity contribution >= 4 is 5.69 Å². The van der Waals surface area contributed by atoms with Gasteiger partial charge in [0.15, 0.2) is 0 Å². The molecule has 0 aliphatic carbocycles. The summed E-state index contributed by atoms with van der Waals surface area (Å²) in [5, 5.41) is 0. The van der Waals surface area contributed by atoms with Crippen molar-refractivity contribution in [2.45, 2.75) is 26.4 Å². The molecule has 0 aromatic heterocycles. The third-order valence-corrected chi connectivity index (χ3v) is 3.17. The molecule has 2 N–H and O–H groups in total. The maximum absolute atomic E-state index is 5.64. The molecule has 1 aromatic rings. The van der Waals surface area contributed by atoms with Crippen molar-refractivity contribution in [3.63, 3.8) is 0 Å². The quantitative estimate of drug-likeness (QED) is 0.824. The number of rotatable bonds is 2. The number of morpholine rings is 1. The zero-order valence-electron chi connectivity index (χ0n) is 10.1. The summed E-state index contributed by atoms with van der Waals surface area (Å²) < 4.78 is 5.46. The van der Waals surface area contributed by atoms with Crippen molar-refractivity contribution in [3.05, 3.63) is 29.3 Å². The summed E-state index contributed by atoms with van der Waals surface area (Å²) in [6.45, 7) is 7.58. The van der Waals surface area contributed by atoms with Crippen molar-refractivity contribution < 1.29 is 4.74 Å². The topological polar surface area (TPSA) is 38.5 Å². The molecule has 16 heavy (non-hydrogen) atoms. The van der Waals surface area contributed by atoms with Crippen molar-refractivity contribution in [1.82, 2.24) is 0 Å². The molecule has 1 aliphatic rings. The molecule has 1 saturated heterocycles. The van der Waals surface area contributed by atoms with Gasteiger partial charge in [-0.3, -0.25) is 0 Å². The van der Waals surface area contributed by atoms with E-state index >= 15 is 0 Å². The Morgan fingerprint density at radius 3 is 2.94 bits per heavy atom. The van der Waals surface area contributed by atoms with Gasteiger partial charge in [-0.25, -0.2) is 0 Å². The van der Waals surface area contributed by atoms with E-state index < -0.39 is 0 Å². The highest BCUT2D eigenvalue weighted by atomic mass is 16.5. The number of anilines is 1. The number of nitrogens with two attached hydrogens (primary N) is 1. The lowest BCUT2D eigenvalue weighted by molar-refractivity contribution is 0.0989. The molecule has 1 aromatic carbocycles. The summed E-state index contributed by atoms with van der Waals surface area (Å²) >= 11 is 0. The van der Waals surface area contributed by atoms with E-state index in [4.69, 9.17) is 10.5 Å². The molecule has 3 heteroatoms. The van der Waals surface area contributed by atoms with E-state index in [1.165, 1.54) is 16.8 Å². The number of hydrogen-bond donors (Lipinski definition) is 1. The number of hydrogen-bond acceptors (Lipinski definition) is 3. The minimum atomic E-state index is 0.455. The van der Waals surface area contributed by atoms with E-state index in [0.29, 0.717) is 12.6 Å². The fraction of sp³-hybridized carbons (Fsp3) is 0.538. The molecule has 1 fully saturated rings. The molecule has 0 spiro atoms. The highest BCUT2D eigenvalue weighted by Crippen LogP contribution is 2.24. The van der Waals surface area contributed by atoms with Crippen molar-refractivity contribution in [2.24, 2.45) is 5.73 Å². The lowest BCUT2D eigenvalue weighted by atomic mass is 10.1. The molecular formula is C13H20N2O. The number of aryl methyl sites for hydroxylation is 1. The smallest absolute Gasteiger partial charge is 0.0668 e. The van der Waals surface area contributed by atoms with E-state index in [2.05, 4.69) is 36.9 Å². The summed E-state index contributed by atoms with van der Waals surface area (Å²) in [4.78, 5) is 2.42. The van der Waals surface area contributed by atoms with Gasteiger partial charge in [0.25, 0.3) is 0 Å². The van der Waals surface area contributed by atoms with E-state index in [0.717, 1.165) is 19.8 Å². The summed E-state index contributed by atoms with van der Waals surface area (Å²) in [5.41, 5.74) is 9.45. The Bertz CT molecular complexity index is 365. The Hall–Kier alpha value is -1.06. The van der Waals surface area contributed by atoms with Crippen molar-refractivity contribution in [1.29, 1.82) is 0 Å². The Labute approximate surface area is 97.2 Å². The molecule has 2 rings (SSSR count). The van der Waals surface area contributed by atoms with Crippen LogP contribution in [0.25, 0.3) is 0 Å². The maximum Gasteiger partial charge on any atom is 0.0668 e. The van der Waals surface area contributed by atoms with Crippen molar-refractivity contribution in [2.75, 3.05) is 24.7 Å². The van der Waals surface area contributed by atoms with Gasteiger partial charge in [-0.1, -0.05) is 12.1 Å². The second-order valence-electron chi connectivity index (χ2n) is 4.44. The van der Waals surface area contributed by atoms with Crippen LogP contribution in [0.15, 0.2) is 18.2 Å². The molecule has 0 radical (unpaired) electrons. The third kappa shape index (κ3) is 2.20. The van der Waals surface area contributed by atoms with Crippen molar-refractivity contribution in [3.8, 4) is 0 Å². The lowest BCUT2D eigenvalue weighted by Gasteiger charge is -2.36. The van der Waals surface area contributed by atoms with Crippen LogP contribution < -0.4 is 10.6 Å². The first kappa shape index (κ1) is 11.4. The third-order valence-electron chi connectivity index (χ3n) is 3.17. The largest absolute Gasteiger partial charge is 0.377 e. The minimum Gasteiger partial charge on any atom is -0.377 e. The molecular weight excluding hydrogens is 200 g/mol. The summed E-state index contributed by atoms with van der Waals surface area (Å²) in [5.74, 6) is 0. The summed E-state index contributed by atoms with van der Waals surface area (Å²) in [6, 6.07) is 6.93. The van der Waals surface area contributed by atoms with Gasteiger partial charge in [0.05, 0.1) is 13.2 Å². The SMILES string of the molecule is Cc1cc(CN)ccc1N1CCOCC1C. The van der Waals surface area contributed by atoms with Crippen LogP contribution in [-0.2, 0) is 11.3 Å². The van der Waals surface area contributed by atoms with Crippen LogP contribution in [0.1, 0.15) is 18.1 Å². The molecule has 0 amide bonds. The molecule has 0 bridgehead atoms. The van der Waals surface area contributed by atoms with Crippen LogP contribution in [0.2, 0.25) is 0 Å². The predicted octanol–water partition coefficient (Wildman–Crippen LogP) is 1.68. The average Bonchev–Trinajstić information content (AvgIpc) is 2.30. The minimum absolute atomic E-state index is 0.455. The normalized spacial score (nSPS) is 21.2. The molecule has 1 aliphatic heterocycles. The van der Waals surface area contributed by atoms with Crippen LogP contribution in [0, 0.1) is 6.92 Å². The molecule has 1 heterocycles. The highest BCUT2D eigenvalue weighted by Gasteiger charge is 2.20. The van der Waals surface area contributed by atoms with E-state index in [-0.39, 0.29) is 0 Å². The predicted molar refractivity (Wildman–Crippen MR) is 66.7 cm³/mol. The van der Waals surface area contributed by atoms with Crippen LogP contribution >= 0.6 is 0 Å². The highest BCUT2D eigenvalue weighted by molar-refractivity contribution is 5.55. The van der Waals surface area contributed by atoms with Gasteiger partial charge >= 0.3 is 0 Å². The molecule has 0 saturated carbocycles. The van der Waals surface area contributed by atoms with Gasteiger partial charge in [0, 0.05) is 24.8 Å². The number of nitrogens with zero attached hydrogens (tertiary/aromatic N) is 1. The van der Waals surface area contributed by atoms with Gasteiger partial charge < -0.3 is 15.4 Å². The second-order valence-corrected chi connectivity index (χ2v) is 4.44. The first-order chi connectivity index (χ1) is 7.72. The average molecular weight is 220 g/mol. The Kier molecular flexibility index (Phi) is 3.46. The van der Waals surface area contributed by atoms with Gasteiger partial charge in [0.2, 0.25) is 0 Å². The fourth-order valence-corrected chi connectivity index (χ4v) is 2.25. The molecule has 88 valence electrons. The summed E-state index contributed by atoms with van der Waals surface area (Å²) in [7, 11) is 0. The Morgan fingerprint density at radius 2 is 2.31 bits per heavy atom. The zero-order valence-corrected chi connectivity index (χ0v) is 10.1. The van der Waals surface area contributed by atoms with E-state index in [9.17, 15) is 0 Å². The Morgan fingerprint density at radius 1 is 1.50 bits per heavy atom. The molecule has 1 unspecified atom stereocenters. The van der Waals surface area contributed by atoms with Gasteiger partial charge in [0.1, 0.15) is 0 Å². The first-order valence-corrected chi connectivity index (χ1v) is 5.86. The van der Waals surface area contributed by atoms with E-state index in [1.807, 2.05) is 0 Å². The summed E-state index contributed by atoms with van der Waals surface area (Å²) in [6.07, 6.45) is 0. The zero-order chi connectivity index (χ0) is 11.5. The maximum atomic E-state index is 5.64. The lowest BCUT2D eigenvalue weighted by Crippen LogP contribution is -2.44. The molecule has 1 atom stereocenters. The first-order valence-electron chi connectivity index (χ1n) is 5.86. The van der Waals surface area contributed by atoms with Crippen LogP contribution in [0.5, 0.6) is 0 Å². The number of ether oxygens (including phenoxy) is 1. The monoisotopic (exact) mass is 220 g/mol. The van der Waals surface area contributed by atoms with Crippen LogP contribution in [0.4, 0.5) is 5.69 Å². The fourth-order valence-electron chi connectivity index (χ4n) is 2.25. The molecule has 3 nitrogen and oxygen atoms in total. The van der Waals surface area contributed by atoms with E-state index in [1.54, 1.807) is 0 Å². The van der Waals surface area contributed by atoms with Gasteiger partial charge in [-0.15, -0.1) is 0 Å². The standard InChI is InChI=1S/C13H20N2O/c1-10-7-12(8-14)3-4-13(10)15-5-6-16-9-11(15)2/h3-4,7,11H,5-6,8-9,14H2,1-2H3. The van der Waals surface area contributed by atoms with Crippen LogP contribution in [-0.4, -0.2) is 25.8 Å². The number of benzene rings is 1. The van der Waals surface area contributed by atoms with Gasteiger partial charge in [-0.2, -0.15) is 0 Å². The van der Waals surface area contributed by atoms with Gasteiger partial charge in [-0.05, 0) is 31.0 Å².